The van der Waals surface area contributed by atoms with Gasteiger partial charge in [-0.2, -0.15) is 0 Å². The van der Waals surface area contributed by atoms with Crippen molar-refractivity contribution in [2.75, 3.05) is 40.3 Å². The van der Waals surface area contributed by atoms with E-state index >= 15 is 0 Å². The zero-order valence-corrected chi connectivity index (χ0v) is 11.4. The summed E-state index contributed by atoms with van der Waals surface area (Å²) in [6.07, 6.45) is 3.98. The molecule has 0 saturated carbocycles. The number of hydrogen-bond acceptors (Lipinski definition) is 3. The number of piperidine rings is 1. The van der Waals surface area contributed by atoms with Gasteiger partial charge in [0.1, 0.15) is 0 Å². The molecule has 0 amide bonds. The Labute approximate surface area is 100 Å². The average molecular weight is 228 g/mol. The van der Waals surface area contributed by atoms with Gasteiger partial charge in [0.2, 0.25) is 0 Å². The van der Waals surface area contributed by atoms with Crippen LogP contribution in [0.3, 0.4) is 0 Å². The van der Waals surface area contributed by atoms with E-state index in [0.717, 1.165) is 19.0 Å². The van der Waals surface area contributed by atoms with E-state index in [1.54, 1.807) is 0 Å². The first-order valence-corrected chi connectivity index (χ1v) is 6.46. The largest absolute Gasteiger partial charge is 0.389 e. The van der Waals surface area contributed by atoms with Gasteiger partial charge in [-0.05, 0) is 66.2 Å². The highest BCUT2D eigenvalue weighted by Crippen LogP contribution is 2.18. The van der Waals surface area contributed by atoms with Gasteiger partial charge in [-0.1, -0.05) is 0 Å². The highest BCUT2D eigenvalue weighted by atomic mass is 16.3. The Kier molecular flexibility index (Phi) is 5.22. The van der Waals surface area contributed by atoms with E-state index in [4.69, 9.17) is 0 Å². The Balaban J connectivity index is 2.18. The lowest BCUT2D eigenvalue weighted by Crippen LogP contribution is -2.38. The molecule has 0 aromatic rings. The van der Waals surface area contributed by atoms with Crippen LogP contribution in [0.2, 0.25) is 0 Å². The monoisotopic (exact) mass is 228 g/mol. The first-order chi connectivity index (χ1) is 7.37. The van der Waals surface area contributed by atoms with Crippen LogP contribution in [0.5, 0.6) is 0 Å². The van der Waals surface area contributed by atoms with Crippen molar-refractivity contribution < 1.29 is 5.11 Å². The molecule has 1 fully saturated rings. The van der Waals surface area contributed by atoms with Crippen molar-refractivity contribution in [1.29, 1.82) is 0 Å². The molecule has 1 heterocycles. The highest BCUT2D eigenvalue weighted by molar-refractivity contribution is 4.74. The van der Waals surface area contributed by atoms with Gasteiger partial charge in [0.25, 0.3) is 0 Å². The van der Waals surface area contributed by atoms with Gasteiger partial charge < -0.3 is 14.9 Å². The topological polar surface area (TPSA) is 26.7 Å². The fourth-order valence-electron chi connectivity index (χ4n) is 2.65. The van der Waals surface area contributed by atoms with Crippen LogP contribution in [0.1, 0.15) is 33.1 Å². The molecule has 3 heteroatoms. The standard InChI is InChI=1S/C13H28N2O/c1-13(2,16)11-15(4)9-7-12-6-5-8-14(3)10-12/h12,16H,5-11H2,1-4H3. The molecule has 1 unspecified atom stereocenters. The van der Waals surface area contributed by atoms with Crippen molar-refractivity contribution in [3.63, 3.8) is 0 Å². The number of likely N-dealkylation sites (N-methyl/N-ethyl adjacent to an activating group) is 1. The van der Waals surface area contributed by atoms with Crippen LogP contribution < -0.4 is 0 Å². The van der Waals surface area contributed by atoms with E-state index < -0.39 is 5.60 Å². The molecule has 1 N–H and O–H groups in total. The predicted molar refractivity (Wildman–Crippen MR) is 68.6 cm³/mol. The summed E-state index contributed by atoms with van der Waals surface area (Å²) in [5.41, 5.74) is -0.571. The van der Waals surface area contributed by atoms with Gasteiger partial charge in [0.05, 0.1) is 5.60 Å². The van der Waals surface area contributed by atoms with Crippen molar-refractivity contribution in [1.82, 2.24) is 9.80 Å². The molecule has 1 aliphatic rings. The van der Waals surface area contributed by atoms with Crippen LogP contribution >= 0.6 is 0 Å². The fourth-order valence-corrected chi connectivity index (χ4v) is 2.65. The number of nitrogens with zero attached hydrogens (tertiary/aromatic N) is 2. The smallest absolute Gasteiger partial charge is 0.0718 e. The van der Waals surface area contributed by atoms with Crippen LogP contribution in [0.4, 0.5) is 0 Å². The molecule has 0 aromatic heterocycles. The summed E-state index contributed by atoms with van der Waals surface area (Å²) in [5.74, 6) is 0.850. The summed E-state index contributed by atoms with van der Waals surface area (Å²) in [6, 6.07) is 0. The first-order valence-electron chi connectivity index (χ1n) is 6.46. The third-order valence-electron chi connectivity index (χ3n) is 3.30. The minimum Gasteiger partial charge on any atom is -0.389 e. The predicted octanol–water partition coefficient (Wildman–Crippen LogP) is 1.42. The molecule has 0 aromatic carbocycles. The van der Waals surface area contributed by atoms with Crippen molar-refractivity contribution in [3.05, 3.63) is 0 Å². The number of likely N-dealkylation sites (tertiary alicyclic amines) is 1. The van der Waals surface area contributed by atoms with Gasteiger partial charge in [-0.3, -0.25) is 0 Å². The molecule has 0 aliphatic carbocycles. The van der Waals surface area contributed by atoms with Crippen molar-refractivity contribution in [3.8, 4) is 0 Å². The number of hydrogen-bond donors (Lipinski definition) is 1. The Morgan fingerprint density at radius 1 is 1.44 bits per heavy atom. The molecule has 3 nitrogen and oxygen atoms in total. The van der Waals surface area contributed by atoms with Crippen LogP contribution in [0.25, 0.3) is 0 Å². The van der Waals surface area contributed by atoms with E-state index in [9.17, 15) is 5.11 Å². The summed E-state index contributed by atoms with van der Waals surface area (Å²) in [7, 11) is 4.32. The van der Waals surface area contributed by atoms with Gasteiger partial charge >= 0.3 is 0 Å². The van der Waals surface area contributed by atoms with E-state index in [0.29, 0.717) is 0 Å². The van der Waals surface area contributed by atoms with E-state index in [1.165, 1.54) is 32.4 Å². The molecular formula is C13H28N2O. The van der Waals surface area contributed by atoms with E-state index in [1.807, 2.05) is 13.8 Å². The minimum absolute atomic E-state index is 0.571. The second-order valence-corrected chi connectivity index (χ2v) is 6.11. The van der Waals surface area contributed by atoms with Gasteiger partial charge in [-0.25, -0.2) is 0 Å². The molecule has 0 bridgehead atoms. The molecule has 1 aliphatic heterocycles. The number of aliphatic hydroxyl groups is 1. The zero-order chi connectivity index (χ0) is 12.2. The summed E-state index contributed by atoms with van der Waals surface area (Å²) in [5, 5.41) is 9.72. The first kappa shape index (κ1) is 13.9. The normalized spacial score (nSPS) is 24.0. The quantitative estimate of drug-likeness (QED) is 0.771. The molecule has 96 valence electrons. The van der Waals surface area contributed by atoms with Gasteiger partial charge in [0.15, 0.2) is 0 Å². The Morgan fingerprint density at radius 2 is 2.12 bits per heavy atom. The lowest BCUT2D eigenvalue weighted by Gasteiger charge is -2.32. The molecule has 1 saturated heterocycles. The molecule has 16 heavy (non-hydrogen) atoms. The fraction of sp³-hybridized carbons (Fsp3) is 1.00. The lowest BCUT2D eigenvalue weighted by atomic mass is 9.95. The summed E-state index contributed by atoms with van der Waals surface area (Å²) in [6.45, 7) is 8.11. The van der Waals surface area contributed by atoms with Crippen LogP contribution in [-0.4, -0.2) is 60.8 Å². The molecule has 0 spiro atoms. The SMILES string of the molecule is CN1CCCC(CCN(C)CC(C)(C)O)C1. The summed E-state index contributed by atoms with van der Waals surface area (Å²) in [4.78, 5) is 4.68. The van der Waals surface area contributed by atoms with Crippen molar-refractivity contribution in [2.24, 2.45) is 5.92 Å². The van der Waals surface area contributed by atoms with E-state index in [-0.39, 0.29) is 0 Å². The average Bonchev–Trinajstić information content (AvgIpc) is 2.12. The summed E-state index contributed by atoms with van der Waals surface area (Å²) < 4.78 is 0. The number of rotatable bonds is 5. The third-order valence-corrected chi connectivity index (χ3v) is 3.30. The third kappa shape index (κ3) is 5.83. The maximum atomic E-state index is 9.72. The summed E-state index contributed by atoms with van der Waals surface area (Å²) >= 11 is 0. The zero-order valence-electron chi connectivity index (χ0n) is 11.4. The Hall–Kier alpha value is -0.120. The molecule has 0 radical (unpaired) electrons. The Bertz CT molecular complexity index is 201. The van der Waals surface area contributed by atoms with Crippen LogP contribution in [-0.2, 0) is 0 Å². The second kappa shape index (κ2) is 5.99. The molecule has 1 atom stereocenters. The van der Waals surface area contributed by atoms with E-state index in [2.05, 4.69) is 23.9 Å². The van der Waals surface area contributed by atoms with Gasteiger partial charge in [-0.15, -0.1) is 0 Å². The molecular weight excluding hydrogens is 200 g/mol. The van der Waals surface area contributed by atoms with Gasteiger partial charge in [0, 0.05) is 13.1 Å². The maximum Gasteiger partial charge on any atom is 0.0718 e. The van der Waals surface area contributed by atoms with Crippen molar-refractivity contribution in [2.45, 2.75) is 38.7 Å². The lowest BCUT2D eigenvalue weighted by molar-refractivity contribution is 0.0418. The Morgan fingerprint density at radius 3 is 2.69 bits per heavy atom. The maximum absolute atomic E-state index is 9.72. The molecule has 1 rings (SSSR count). The highest BCUT2D eigenvalue weighted by Gasteiger charge is 2.19. The minimum atomic E-state index is -0.571. The van der Waals surface area contributed by atoms with Crippen LogP contribution in [0.15, 0.2) is 0 Å². The van der Waals surface area contributed by atoms with Crippen molar-refractivity contribution >= 4 is 0 Å². The van der Waals surface area contributed by atoms with Crippen LogP contribution in [0, 0.1) is 5.92 Å². The second-order valence-electron chi connectivity index (χ2n) is 6.11.